The molecule has 51 heavy (non-hydrogen) atoms. The zero-order chi connectivity index (χ0) is 36.4. The molecule has 0 unspecified atom stereocenters. The summed E-state index contributed by atoms with van der Waals surface area (Å²) in [5.74, 6) is -1.02. The van der Waals surface area contributed by atoms with Crippen molar-refractivity contribution in [3.63, 3.8) is 0 Å². The van der Waals surface area contributed by atoms with Crippen LogP contribution >= 0.6 is 0 Å². The molecular formula is C43H47F3IrNO3-. The fourth-order valence-electron chi connectivity index (χ4n) is 6.61. The summed E-state index contributed by atoms with van der Waals surface area (Å²) >= 11 is 0. The SMILES string of the molecule is CC(C)C/C(O)=C/C(=O)C(F)(F)F.CC1(C)CCC(c2ccc3cc(-c4ccnc(-c5[c-]c6ccccc6c(C(C)(C)C)c5)c4)oc3c2)CC1.[Ir]. The minimum atomic E-state index is -4.90. The Morgan fingerprint density at radius 2 is 1.71 bits per heavy atom. The van der Waals surface area contributed by atoms with E-state index in [1.54, 1.807) is 13.8 Å². The first kappa shape index (κ1) is 40.0. The predicted molar refractivity (Wildman–Crippen MR) is 196 cm³/mol. The van der Waals surface area contributed by atoms with Crippen molar-refractivity contribution in [1.29, 1.82) is 0 Å². The maximum absolute atomic E-state index is 11.6. The zero-order valence-electron chi connectivity index (χ0n) is 30.4. The number of aromatic nitrogens is 1. The summed E-state index contributed by atoms with van der Waals surface area (Å²) in [6, 6.07) is 27.5. The molecule has 1 radical (unpaired) electrons. The molecule has 0 spiro atoms. The molecule has 0 saturated heterocycles. The Balaban J connectivity index is 0.000000358. The fourth-order valence-corrected chi connectivity index (χ4v) is 6.61. The van der Waals surface area contributed by atoms with Crippen molar-refractivity contribution < 1.29 is 47.6 Å². The van der Waals surface area contributed by atoms with Crippen molar-refractivity contribution in [2.75, 3.05) is 0 Å². The number of ketones is 1. The van der Waals surface area contributed by atoms with Gasteiger partial charge in [0.05, 0.1) is 5.76 Å². The van der Waals surface area contributed by atoms with Gasteiger partial charge < -0.3 is 9.52 Å². The first-order valence-corrected chi connectivity index (χ1v) is 17.4. The molecule has 6 rings (SSSR count). The van der Waals surface area contributed by atoms with E-state index >= 15 is 0 Å². The third kappa shape index (κ3) is 10.2. The van der Waals surface area contributed by atoms with Crippen molar-refractivity contribution in [2.24, 2.45) is 11.3 Å². The number of carbonyl (C=O) groups is 1. The number of pyridine rings is 1. The average molecular weight is 875 g/mol. The van der Waals surface area contributed by atoms with Crippen LogP contribution in [0.2, 0.25) is 0 Å². The van der Waals surface area contributed by atoms with E-state index in [2.05, 4.69) is 101 Å². The van der Waals surface area contributed by atoms with Crippen LogP contribution in [0.5, 0.6) is 0 Å². The number of benzene rings is 3. The van der Waals surface area contributed by atoms with Gasteiger partial charge in [0.25, 0.3) is 5.78 Å². The normalized spacial score (nSPS) is 15.4. The molecule has 1 fully saturated rings. The van der Waals surface area contributed by atoms with Gasteiger partial charge >= 0.3 is 6.18 Å². The number of nitrogens with zero attached hydrogens (tertiary/aromatic N) is 1. The molecule has 273 valence electrons. The van der Waals surface area contributed by atoms with Gasteiger partial charge in [0.1, 0.15) is 11.3 Å². The van der Waals surface area contributed by atoms with Gasteiger partial charge in [0.2, 0.25) is 0 Å². The molecular weight excluding hydrogens is 828 g/mol. The molecule has 1 aliphatic rings. The molecule has 1 saturated carbocycles. The maximum Gasteiger partial charge on any atom is 0.454 e. The molecule has 2 heterocycles. The van der Waals surface area contributed by atoms with Crippen LogP contribution in [0.25, 0.3) is 44.3 Å². The standard InChI is InChI=1S/C35H36NO.C8H11F3O2.Ir/c1-34(2,3)30-19-28(18-25-8-6-7-9-29(25)30)31-20-27(14-17-36-31)33-22-26-11-10-24(21-32(26)37-33)23-12-15-35(4,5)16-13-23;1-5(2)3-6(12)4-7(13)8(9,10)11;/h6-11,14,17,19-23H,12-13,15-16H2,1-5H3;4-5,12H,3H2,1-2H3;/q-1;;/b;6-4-;. The summed E-state index contributed by atoms with van der Waals surface area (Å²) in [7, 11) is 0. The van der Waals surface area contributed by atoms with Crippen LogP contribution in [-0.4, -0.2) is 22.1 Å². The number of rotatable bonds is 6. The van der Waals surface area contributed by atoms with Crippen molar-refractivity contribution in [3.05, 3.63) is 102 Å². The molecule has 0 amide bonds. The second kappa shape index (κ2) is 15.9. The van der Waals surface area contributed by atoms with E-state index in [0.717, 1.165) is 38.9 Å². The number of hydrogen-bond donors (Lipinski definition) is 1. The Morgan fingerprint density at radius 1 is 1.02 bits per heavy atom. The Bertz CT molecular complexity index is 2010. The number of furan rings is 1. The van der Waals surface area contributed by atoms with Crippen molar-refractivity contribution >= 4 is 27.5 Å². The van der Waals surface area contributed by atoms with Crippen molar-refractivity contribution in [1.82, 2.24) is 4.98 Å². The second-order valence-corrected chi connectivity index (χ2v) is 15.8. The van der Waals surface area contributed by atoms with Gasteiger partial charge in [-0.2, -0.15) is 13.2 Å². The first-order chi connectivity index (χ1) is 23.4. The molecule has 0 bridgehead atoms. The topological polar surface area (TPSA) is 63.3 Å². The van der Waals surface area contributed by atoms with Gasteiger partial charge in [-0.05, 0) is 72.1 Å². The van der Waals surface area contributed by atoms with Gasteiger partial charge in [-0.15, -0.1) is 29.1 Å². The van der Waals surface area contributed by atoms with E-state index in [1.807, 2.05) is 12.3 Å². The van der Waals surface area contributed by atoms with Crippen LogP contribution in [0.4, 0.5) is 13.2 Å². The third-order valence-corrected chi connectivity index (χ3v) is 9.45. The Morgan fingerprint density at radius 3 is 2.35 bits per heavy atom. The number of carbonyl (C=O) groups excluding carboxylic acids is 1. The molecule has 0 aliphatic heterocycles. The summed E-state index contributed by atoms with van der Waals surface area (Å²) in [5.41, 5.74) is 7.18. The van der Waals surface area contributed by atoms with Gasteiger partial charge in [-0.3, -0.25) is 9.78 Å². The minimum Gasteiger partial charge on any atom is -0.512 e. The summed E-state index contributed by atoms with van der Waals surface area (Å²) in [6.45, 7) is 15.0. The van der Waals surface area contributed by atoms with E-state index in [9.17, 15) is 18.0 Å². The largest absolute Gasteiger partial charge is 0.512 e. The van der Waals surface area contributed by atoms with Crippen LogP contribution in [0.3, 0.4) is 0 Å². The van der Waals surface area contributed by atoms with Gasteiger partial charge in [0.15, 0.2) is 0 Å². The summed E-state index contributed by atoms with van der Waals surface area (Å²) in [4.78, 5) is 15.0. The molecule has 5 aromatic rings. The number of halogens is 3. The number of aliphatic hydroxyl groups excluding tert-OH is 1. The summed E-state index contributed by atoms with van der Waals surface area (Å²) in [5, 5.41) is 12.4. The molecule has 8 heteroatoms. The van der Waals surface area contributed by atoms with E-state index in [-0.39, 0.29) is 43.9 Å². The molecule has 4 nitrogen and oxygen atoms in total. The second-order valence-electron chi connectivity index (χ2n) is 15.8. The van der Waals surface area contributed by atoms with Crippen LogP contribution in [0.15, 0.2) is 89.2 Å². The van der Waals surface area contributed by atoms with Crippen LogP contribution < -0.4 is 0 Å². The van der Waals surface area contributed by atoms with Crippen molar-refractivity contribution in [2.45, 2.75) is 98.1 Å². The van der Waals surface area contributed by atoms with E-state index in [4.69, 9.17) is 14.5 Å². The number of allylic oxidation sites excluding steroid dienone is 2. The summed E-state index contributed by atoms with van der Waals surface area (Å²) in [6.07, 6.45) is 2.39. The minimum absolute atomic E-state index is 0. The van der Waals surface area contributed by atoms with Crippen molar-refractivity contribution in [3.8, 4) is 22.6 Å². The average Bonchev–Trinajstić information content (AvgIpc) is 3.47. The van der Waals surface area contributed by atoms with Gasteiger partial charge in [0, 0.05) is 55.4 Å². The van der Waals surface area contributed by atoms with E-state index < -0.39 is 17.7 Å². The Hall–Kier alpha value is -3.74. The van der Waals surface area contributed by atoms with Crippen LogP contribution in [-0.2, 0) is 30.3 Å². The predicted octanol–water partition coefficient (Wildman–Crippen LogP) is 12.7. The van der Waals surface area contributed by atoms with Gasteiger partial charge in [-0.1, -0.05) is 95.8 Å². The Kier molecular flexibility index (Phi) is 12.5. The number of alkyl halides is 3. The van der Waals surface area contributed by atoms with Crippen LogP contribution in [0.1, 0.15) is 97.6 Å². The number of aliphatic hydroxyl groups is 1. The first-order valence-electron chi connectivity index (χ1n) is 17.4. The maximum atomic E-state index is 11.6. The number of hydrogen-bond acceptors (Lipinski definition) is 4. The molecule has 0 atom stereocenters. The van der Waals surface area contributed by atoms with E-state index in [0.29, 0.717) is 11.3 Å². The quantitative estimate of drug-likeness (QED) is 0.105. The summed E-state index contributed by atoms with van der Waals surface area (Å²) < 4.78 is 41.4. The van der Waals surface area contributed by atoms with Crippen LogP contribution in [0, 0.1) is 17.4 Å². The monoisotopic (exact) mass is 875 g/mol. The smallest absolute Gasteiger partial charge is 0.454 e. The Labute approximate surface area is 312 Å². The van der Waals surface area contributed by atoms with Gasteiger partial charge in [-0.25, -0.2) is 0 Å². The fraction of sp³-hybridized carbons (Fsp3) is 0.395. The third-order valence-electron chi connectivity index (χ3n) is 9.45. The zero-order valence-corrected chi connectivity index (χ0v) is 32.8. The molecule has 1 N–H and O–H groups in total. The molecule has 3 aromatic carbocycles. The number of fused-ring (bicyclic) bond motifs is 2. The molecule has 2 aromatic heterocycles. The molecule has 1 aliphatic carbocycles. The van der Waals surface area contributed by atoms with E-state index in [1.165, 1.54) is 42.2 Å².